The average Bonchev–Trinajstić information content (AvgIpc) is 2.74. The Kier molecular flexibility index (Phi) is 2.71. The van der Waals surface area contributed by atoms with Gasteiger partial charge in [0, 0.05) is 5.92 Å². The normalized spacial score (nSPS) is 18.9. The van der Waals surface area contributed by atoms with E-state index in [-0.39, 0.29) is 0 Å². The summed E-state index contributed by atoms with van der Waals surface area (Å²) in [5.74, 6) is 0.373. The van der Waals surface area contributed by atoms with Crippen molar-refractivity contribution in [2.75, 3.05) is 0 Å². The number of fused-ring (bicyclic) bond motifs is 6. The first-order chi connectivity index (χ1) is 10.3. The fourth-order valence-electron chi connectivity index (χ4n) is 3.54. The van der Waals surface area contributed by atoms with Gasteiger partial charge in [0.2, 0.25) is 0 Å². The standard InChI is InChI=1S/C21H18/c1-14-11-12-20-17-8-4-3-7-16(15(17)2)18-9-5-6-10-19(18)21(20)13-14/h3-13,17H,1-2H3. The molecule has 0 N–H and O–H groups in total. The van der Waals surface area contributed by atoms with E-state index in [9.17, 15) is 0 Å². The third kappa shape index (κ3) is 1.83. The van der Waals surface area contributed by atoms with E-state index in [2.05, 4.69) is 80.6 Å². The topological polar surface area (TPSA) is 0 Å². The van der Waals surface area contributed by atoms with E-state index in [4.69, 9.17) is 0 Å². The Hall–Kier alpha value is -2.34. The molecule has 21 heavy (non-hydrogen) atoms. The summed E-state index contributed by atoms with van der Waals surface area (Å²) >= 11 is 0. The molecule has 0 aromatic heterocycles. The van der Waals surface area contributed by atoms with Crippen molar-refractivity contribution in [3.05, 3.63) is 89.0 Å². The predicted octanol–water partition coefficient (Wildman–Crippen LogP) is 5.66. The zero-order chi connectivity index (χ0) is 14.4. The quantitative estimate of drug-likeness (QED) is 0.579. The highest BCUT2D eigenvalue weighted by atomic mass is 14.3. The zero-order valence-electron chi connectivity index (χ0n) is 12.4. The second-order valence-corrected chi connectivity index (χ2v) is 5.95. The maximum atomic E-state index is 2.33. The minimum atomic E-state index is 0.373. The third-order valence-electron chi connectivity index (χ3n) is 4.62. The number of hydrogen-bond donors (Lipinski definition) is 0. The van der Waals surface area contributed by atoms with Crippen molar-refractivity contribution in [2.24, 2.45) is 0 Å². The molecular formula is C21H18. The average molecular weight is 270 g/mol. The van der Waals surface area contributed by atoms with Gasteiger partial charge in [-0.15, -0.1) is 0 Å². The van der Waals surface area contributed by atoms with Gasteiger partial charge in [-0.25, -0.2) is 0 Å². The molecule has 0 aliphatic heterocycles. The van der Waals surface area contributed by atoms with Crippen LogP contribution in [-0.2, 0) is 0 Å². The van der Waals surface area contributed by atoms with Crippen molar-refractivity contribution in [3.8, 4) is 11.1 Å². The summed E-state index contributed by atoms with van der Waals surface area (Å²) in [5, 5.41) is 0. The molecule has 1 atom stereocenters. The summed E-state index contributed by atoms with van der Waals surface area (Å²) in [7, 11) is 0. The SMILES string of the molecule is CC1=C2C=CC=CC1c1ccc(C)cc1-c1ccccc12. The van der Waals surface area contributed by atoms with Gasteiger partial charge in [0.15, 0.2) is 0 Å². The van der Waals surface area contributed by atoms with Gasteiger partial charge >= 0.3 is 0 Å². The molecule has 0 fully saturated rings. The molecule has 0 nitrogen and oxygen atoms in total. The van der Waals surface area contributed by atoms with Crippen LogP contribution in [-0.4, -0.2) is 0 Å². The van der Waals surface area contributed by atoms with Gasteiger partial charge in [-0.2, -0.15) is 0 Å². The van der Waals surface area contributed by atoms with Crippen molar-refractivity contribution in [2.45, 2.75) is 19.8 Å². The van der Waals surface area contributed by atoms with Crippen molar-refractivity contribution in [3.63, 3.8) is 0 Å². The molecule has 2 aliphatic rings. The minimum absolute atomic E-state index is 0.373. The first-order valence-corrected chi connectivity index (χ1v) is 7.51. The minimum Gasteiger partial charge on any atom is -0.0729 e. The van der Waals surface area contributed by atoms with Crippen LogP contribution < -0.4 is 0 Å². The molecule has 0 saturated heterocycles. The first kappa shape index (κ1) is 12.4. The largest absolute Gasteiger partial charge is 0.0729 e. The Morgan fingerprint density at radius 3 is 2.48 bits per heavy atom. The fraction of sp³-hybridized carbons (Fsp3) is 0.143. The molecule has 4 rings (SSSR count). The lowest BCUT2D eigenvalue weighted by atomic mass is 9.87. The molecule has 2 bridgehead atoms. The van der Waals surface area contributed by atoms with Crippen LogP contribution in [0.3, 0.4) is 0 Å². The molecule has 0 heterocycles. The fourth-order valence-corrected chi connectivity index (χ4v) is 3.54. The molecule has 2 aromatic rings. The van der Waals surface area contributed by atoms with Crippen LogP contribution in [0.4, 0.5) is 0 Å². The van der Waals surface area contributed by atoms with Crippen LogP contribution in [0, 0.1) is 6.92 Å². The highest BCUT2D eigenvalue weighted by molar-refractivity contribution is 5.91. The Bertz CT molecular complexity index is 816. The Balaban J connectivity index is 2.15. The van der Waals surface area contributed by atoms with Gasteiger partial charge in [0.05, 0.1) is 0 Å². The van der Waals surface area contributed by atoms with Crippen LogP contribution >= 0.6 is 0 Å². The molecule has 0 amide bonds. The van der Waals surface area contributed by atoms with Crippen LogP contribution in [0.25, 0.3) is 16.7 Å². The van der Waals surface area contributed by atoms with Crippen molar-refractivity contribution in [1.82, 2.24) is 0 Å². The molecule has 0 spiro atoms. The summed E-state index contributed by atoms with van der Waals surface area (Å²) in [6.07, 6.45) is 8.91. The third-order valence-corrected chi connectivity index (χ3v) is 4.62. The molecular weight excluding hydrogens is 252 g/mol. The van der Waals surface area contributed by atoms with Gasteiger partial charge in [-0.05, 0) is 41.7 Å². The summed E-state index contributed by atoms with van der Waals surface area (Å²) in [6, 6.07) is 15.6. The second-order valence-electron chi connectivity index (χ2n) is 5.95. The lowest BCUT2D eigenvalue weighted by molar-refractivity contribution is 1.00. The monoisotopic (exact) mass is 270 g/mol. The number of benzene rings is 2. The number of aryl methyl sites for hydroxylation is 1. The van der Waals surface area contributed by atoms with Gasteiger partial charge < -0.3 is 0 Å². The second kappa shape index (κ2) is 4.60. The lowest BCUT2D eigenvalue weighted by Gasteiger charge is -2.17. The predicted molar refractivity (Wildman–Crippen MR) is 90.2 cm³/mol. The Morgan fingerprint density at radius 1 is 0.810 bits per heavy atom. The van der Waals surface area contributed by atoms with E-state index in [0.29, 0.717) is 5.92 Å². The van der Waals surface area contributed by atoms with E-state index >= 15 is 0 Å². The summed E-state index contributed by atoms with van der Waals surface area (Å²) in [4.78, 5) is 0. The molecule has 2 aromatic carbocycles. The molecule has 2 aliphatic carbocycles. The van der Waals surface area contributed by atoms with Gasteiger partial charge in [0.1, 0.15) is 0 Å². The zero-order valence-corrected chi connectivity index (χ0v) is 12.4. The smallest absolute Gasteiger partial charge is 0.0244 e. The molecule has 0 saturated carbocycles. The molecule has 0 heteroatoms. The molecule has 1 unspecified atom stereocenters. The van der Waals surface area contributed by atoms with Gasteiger partial charge in [-0.3, -0.25) is 0 Å². The Labute approximate surface area is 126 Å². The van der Waals surface area contributed by atoms with E-state index in [0.717, 1.165) is 0 Å². The van der Waals surface area contributed by atoms with Gasteiger partial charge in [-0.1, -0.05) is 77.9 Å². The highest BCUT2D eigenvalue weighted by Gasteiger charge is 2.25. The summed E-state index contributed by atoms with van der Waals surface area (Å²) in [5.41, 5.74) is 9.63. The molecule has 0 radical (unpaired) electrons. The van der Waals surface area contributed by atoms with Crippen LogP contribution in [0.5, 0.6) is 0 Å². The van der Waals surface area contributed by atoms with E-state index in [1.54, 1.807) is 0 Å². The molecule has 102 valence electrons. The number of allylic oxidation sites excluding steroid dienone is 6. The maximum absolute atomic E-state index is 2.33. The van der Waals surface area contributed by atoms with Gasteiger partial charge in [0.25, 0.3) is 0 Å². The van der Waals surface area contributed by atoms with Crippen molar-refractivity contribution in [1.29, 1.82) is 0 Å². The van der Waals surface area contributed by atoms with Crippen LogP contribution in [0.15, 0.2) is 72.3 Å². The number of hydrogen-bond acceptors (Lipinski definition) is 0. The first-order valence-electron chi connectivity index (χ1n) is 7.51. The van der Waals surface area contributed by atoms with E-state index in [1.165, 1.54) is 39.0 Å². The summed E-state index contributed by atoms with van der Waals surface area (Å²) in [6.45, 7) is 4.44. The van der Waals surface area contributed by atoms with Crippen molar-refractivity contribution >= 4 is 5.57 Å². The lowest BCUT2D eigenvalue weighted by Crippen LogP contribution is -1.98. The van der Waals surface area contributed by atoms with Crippen LogP contribution in [0.2, 0.25) is 0 Å². The van der Waals surface area contributed by atoms with Crippen LogP contribution in [0.1, 0.15) is 29.5 Å². The number of rotatable bonds is 0. The van der Waals surface area contributed by atoms with E-state index < -0.39 is 0 Å². The van der Waals surface area contributed by atoms with Crippen molar-refractivity contribution < 1.29 is 0 Å². The highest BCUT2D eigenvalue weighted by Crippen LogP contribution is 2.45. The van der Waals surface area contributed by atoms with E-state index in [1.807, 2.05) is 0 Å². The maximum Gasteiger partial charge on any atom is 0.0244 e. The Morgan fingerprint density at radius 2 is 1.62 bits per heavy atom. The summed E-state index contributed by atoms with van der Waals surface area (Å²) < 4.78 is 0.